The highest BCUT2D eigenvalue weighted by molar-refractivity contribution is 6.31. The molecule has 0 heterocycles. The summed E-state index contributed by atoms with van der Waals surface area (Å²) in [5.41, 5.74) is 5.47. The Bertz CT molecular complexity index is 928. The van der Waals surface area contributed by atoms with E-state index in [0.717, 1.165) is 16.8 Å². The Morgan fingerprint density at radius 2 is 1.74 bits per heavy atom. The molecule has 3 aromatic carbocycles. The summed E-state index contributed by atoms with van der Waals surface area (Å²) < 4.78 is 11.4. The summed E-state index contributed by atoms with van der Waals surface area (Å²) >= 11 is 12.1. The minimum absolute atomic E-state index is 0.325. The summed E-state index contributed by atoms with van der Waals surface area (Å²) in [6, 6.07) is 20.5. The van der Waals surface area contributed by atoms with Crippen molar-refractivity contribution < 1.29 is 9.47 Å². The van der Waals surface area contributed by atoms with Gasteiger partial charge in [0.15, 0.2) is 11.5 Å². The van der Waals surface area contributed by atoms with E-state index >= 15 is 0 Å². The molecule has 1 N–H and O–H groups in total. The van der Waals surface area contributed by atoms with Gasteiger partial charge in [-0.05, 0) is 42.5 Å². The zero-order valence-corrected chi connectivity index (χ0v) is 16.2. The van der Waals surface area contributed by atoms with Crippen LogP contribution in [-0.4, -0.2) is 13.3 Å². The molecule has 3 aromatic rings. The van der Waals surface area contributed by atoms with Gasteiger partial charge in [-0.25, -0.2) is 0 Å². The minimum Gasteiger partial charge on any atom is -0.493 e. The lowest BCUT2D eigenvalue weighted by Crippen LogP contribution is -2.02. The fourth-order valence-electron chi connectivity index (χ4n) is 2.42. The first-order valence-corrected chi connectivity index (χ1v) is 9.01. The van der Waals surface area contributed by atoms with Crippen molar-refractivity contribution >= 4 is 35.1 Å². The van der Waals surface area contributed by atoms with Gasteiger partial charge < -0.3 is 9.47 Å². The molecule has 0 unspecified atom stereocenters. The number of rotatable bonds is 7. The monoisotopic (exact) mass is 400 g/mol. The third-order valence-corrected chi connectivity index (χ3v) is 4.42. The Hall–Kier alpha value is -2.69. The van der Waals surface area contributed by atoms with Crippen molar-refractivity contribution in [3.63, 3.8) is 0 Å². The van der Waals surface area contributed by atoms with Crippen molar-refractivity contribution in [3.05, 3.63) is 87.9 Å². The molecule has 0 atom stereocenters. The molecule has 0 fully saturated rings. The highest BCUT2D eigenvalue weighted by Crippen LogP contribution is 2.31. The van der Waals surface area contributed by atoms with E-state index < -0.39 is 0 Å². The predicted octanol–water partition coefficient (Wildman–Crippen LogP) is 6.03. The van der Waals surface area contributed by atoms with Crippen LogP contribution in [0.2, 0.25) is 10.0 Å². The van der Waals surface area contributed by atoms with Gasteiger partial charge in [0.1, 0.15) is 6.61 Å². The molecule has 0 saturated heterocycles. The molecule has 0 aliphatic carbocycles. The molecule has 6 heteroatoms. The molecule has 138 valence electrons. The maximum atomic E-state index is 6.21. The average molecular weight is 401 g/mol. The van der Waals surface area contributed by atoms with E-state index in [4.69, 9.17) is 32.7 Å². The normalized spacial score (nSPS) is 10.8. The summed E-state index contributed by atoms with van der Waals surface area (Å²) in [6.45, 7) is 0.325. The van der Waals surface area contributed by atoms with Crippen LogP contribution in [-0.2, 0) is 6.61 Å². The van der Waals surface area contributed by atoms with Gasteiger partial charge >= 0.3 is 0 Å². The number of hydrogen-bond acceptors (Lipinski definition) is 4. The topological polar surface area (TPSA) is 42.8 Å². The quantitative estimate of drug-likeness (QED) is 0.389. The summed E-state index contributed by atoms with van der Waals surface area (Å²) in [5.74, 6) is 1.22. The number of nitrogens with one attached hydrogen (secondary N) is 1. The second kappa shape index (κ2) is 9.31. The van der Waals surface area contributed by atoms with Gasteiger partial charge in [0.25, 0.3) is 0 Å². The van der Waals surface area contributed by atoms with Crippen LogP contribution in [0.25, 0.3) is 0 Å². The number of para-hydroxylation sites is 1. The van der Waals surface area contributed by atoms with E-state index in [2.05, 4.69) is 10.5 Å². The van der Waals surface area contributed by atoms with E-state index in [1.807, 2.05) is 54.6 Å². The molecule has 3 rings (SSSR count). The fourth-order valence-corrected chi connectivity index (χ4v) is 2.73. The highest BCUT2D eigenvalue weighted by atomic mass is 35.5. The standard InChI is InChI=1S/C21H18Cl2N2O2/c1-26-20-8-4-6-15(13-24-25-18-11-9-17(22)10-12-18)21(20)27-14-16-5-2-3-7-19(16)23/h2-13,25H,14H2,1H3. The molecule has 4 nitrogen and oxygen atoms in total. The number of methoxy groups -OCH3 is 1. The Morgan fingerprint density at radius 1 is 0.963 bits per heavy atom. The first-order chi connectivity index (χ1) is 13.2. The smallest absolute Gasteiger partial charge is 0.170 e. The number of hydrazone groups is 1. The van der Waals surface area contributed by atoms with Crippen LogP contribution >= 0.6 is 23.2 Å². The zero-order chi connectivity index (χ0) is 19.1. The van der Waals surface area contributed by atoms with Gasteiger partial charge in [-0.15, -0.1) is 0 Å². The predicted molar refractivity (Wildman–Crippen MR) is 111 cm³/mol. The van der Waals surface area contributed by atoms with Gasteiger partial charge in [-0.2, -0.15) is 5.10 Å². The van der Waals surface area contributed by atoms with Crippen LogP contribution in [0.1, 0.15) is 11.1 Å². The van der Waals surface area contributed by atoms with Crippen molar-refractivity contribution in [1.29, 1.82) is 0 Å². The van der Waals surface area contributed by atoms with Gasteiger partial charge in [-0.3, -0.25) is 5.43 Å². The Balaban J connectivity index is 1.77. The number of ether oxygens (including phenoxy) is 2. The van der Waals surface area contributed by atoms with E-state index in [9.17, 15) is 0 Å². The first kappa shape index (κ1) is 19.1. The van der Waals surface area contributed by atoms with Crippen LogP contribution in [0.3, 0.4) is 0 Å². The number of anilines is 1. The molecular formula is C21H18Cl2N2O2. The van der Waals surface area contributed by atoms with Crippen molar-refractivity contribution in [2.24, 2.45) is 5.10 Å². The lowest BCUT2D eigenvalue weighted by atomic mass is 10.2. The third kappa shape index (κ3) is 5.16. The average Bonchev–Trinajstić information content (AvgIpc) is 2.69. The number of hydrogen-bond donors (Lipinski definition) is 1. The summed E-state index contributed by atoms with van der Waals surface area (Å²) in [5, 5.41) is 5.60. The Labute approximate surface area is 168 Å². The van der Waals surface area contributed by atoms with Crippen molar-refractivity contribution in [3.8, 4) is 11.5 Å². The van der Waals surface area contributed by atoms with Gasteiger partial charge in [0.2, 0.25) is 0 Å². The summed E-state index contributed by atoms with van der Waals surface area (Å²) in [6.07, 6.45) is 1.68. The molecule has 0 aromatic heterocycles. The second-order valence-corrected chi connectivity index (χ2v) is 6.48. The molecule has 0 amide bonds. The van der Waals surface area contributed by atoms with Crippen LogP contribution in [0.4, 0.5) is 5.69 Å². The molecule has 0 spiro atoms. The second-order valence-electron chi connectivity index (χ2n) is 5.64. The molecule has 0 aliphatic rings. The first-order valence-electron chi connectivity index (χ1n) is 8.25. The van der Waals surface area contributed by atoms with Gasteiger partial charge in [0, 0.05) is 21.2 Å². The molecule has 0 radical (unpaired) electrons. The zero-order valence-electron chi connectivity index (χ0n) is 14.7. The lowest BCUT2D eigenvalue weighted by molar-refractivity contribution is 0.284. The highest BCUT2D eigenvalue weighted by Gasteiger charge is 2.10. The van der Waals surface area contributed by atoms with Crippen molar-refractivity contribution in [2.45, 2.75) is 6.61 Å². The van der Waals surface area contributed by atoms with E-state index in [1.165, 1.54) is 0 Å². The Morgan fingerprint density at radius 3 is 2.48 bits per heavy atom. The van der Waals surface area contributed by atoms with Crippen LogP contribution in [0, 0.1) is 0 Å². The SMILES string of the molecule is COc1cccc(C=NNc2ccc(Cl)cc2)c1OCc1ccccc1Cl. The Kier molecular flexibility index (Phi) is 6.58. The maximum absolute atomic E-state index is 6.21. The van der Waals surface area contributed by atoms with E-state index in [0.29, 0.717) is 28.2 Å². The van der Waals surface area contributed by atoms with Crippen molar-refractivity contribution in [1.82, 2.24) is 0 Å². The van der Waals surface area contributed by atoms with Crippen LogP contribution in [0.5, 0.6) is 11.5 Å². The van der Waals surface area contributed by atoms with Crippen LogP contribution < -0.4 is 14.9 Å². The summed E-state index contributed by atoms with van der Waals surface area (Å²) in [7, 11) is 1.60. The van der Waals surface area contributed by atoms with Gasteiger partial charge in [-0.1, -0.05) is 47.5 Å². The minimum atomic E-state index is 0.325. The fraction of sp³-hybridized carbons (Fsp3) is 0.0952. The van der Waals surface area contributed by atoms with E-state index in [1.54, 1.807) is 25.5 Å². The molecule has 0 aliphatic heterocycles. The largest absolute Gasteiger partial charge is 0.493 e. The molecule has 27 heavy (non-hydrogen) atoms. The van der Waals surface area contributed by atoms with Crippen LogP contribution in [0.15, 0.2) is 71.8 Å². The number of nitrogens with zero attached hydrogens (tertiary/aromatic N) is 1. The van der Waals surface area contributed by atoms with Crippen molar-refractivity contribution in [2.75, 3.05) is 12.5 Å². The number of halogens is 2. The molecule has 0 saturated carbocycles. The van der Waals surface area contributed by atoms with E-state index in [-0.39, 0.29) is 0 Å². The maximum Gasteiger partial charge on any atom is 0.170 e. The molecular weight excluding hydrogens is 383 g/mol. The lowest BCUT2D eigenvalue weighted by Gasteiger charge is -2.14. The summed E-state index contributed by atoms with van der Waals surface area (Å²) in [4.78, 5) is 0. The molecule has 0 bridgehead atoms. The third-order valence-electron chi connectivity index (χ3n) is 3.80. The number of benzene rings is 3. The van der Waals surface area contributed by atoms with Gasteiger partial charge in [0.05, 0.1) is 19.0 Å².